The summed E-state index contributed by atoms with van der Waals surface area (Å²) >= 11 is 3.33. The Kier molecular flexibility index (Phi) is 2.87. The van der Waals surface area contributed by atoms with E-state index < -0.39 is 0 Å². The number of pyridine rings is 1. The van der Waals surface area contributed by atoms with Crippen molar-refractivity contribution in [3.63, 3.8) is 0 Å². The molecule has 1 aromatic heterocycles. The molecule has 4 heteroatoms. The van der Waals surface area contributed by atoms with Crippen LogP contribution in [0.4, 0.5) is 11.4 Å². The number of hydrogen-bond acceptors (Lipinski definition) is 3. The van der Waals surface area contributed by atoms with Crippen LogP contribution in [0, 0.1) is 0 Å². The van der Waals surface area contributed by atoms with Gasteiger partial charge in [-0.2, -0.15) is 0 Å². The maximum absolute atomic E-state index is 6.01. The number of nitrogens with two attached hydrogens (primary N) is 2. The van der Waals surface area contributed by atoms with E-state index in [9.17, 15) is 0 Å². The van der Waals surface area contributed by atoms with Crippen LogP contribution in [-0.4, -0.2) is 4.98 Å². The molecule has 0 fully saturated rings. The average Bonchev–Trinajstić information content (AvgIpc) is 2.45. The Balaban J connectivity index is 2.25. The summed E-state index contributed by atoms with van der Waals surface area (Å²) in [4.78, 5) is 4.43. The van der Waals surface area contributed by atoms with Gasteiger partial charge in [0.05, 0.1) is 16.9 Å². The molecule has 0 unspecified atom stereocenters. The Morgan fingerprint density at radius 3 is 2.32 bits per heavy atom. The number of aromatic nitrogens is 1. The summed E-state index contributed by atoms with van der Waals surface area (Å²) in [5, 5.41) is 0.875. The summed E-state index contributed by atoms with van der Waals surface area (Å²) in [6.07, 6.45) is 0. The SMILES string of the molecule is Nc1c(Br)nc2cc(-c3ccccc3)ccc2c1N. The zero-order chi connectivity index (χ0) is 13.4. The number of fused-ring (bicyclic) bond motifs is 1. The lowest BCUT2D eigenvalue weighted by atomic mass is 10.0. The molecular weight excluding hydrogens is 302 g/mol. The van der Waals surface area contributed by atoms with E-state index in [1.807, 2.05) is 36.4 Å². The van der Waals surface area contributed by atoms with Gasteiger partial charge in [-0.3, -0.25) is 0 Å². The lowest BCUT2D eigenvalue weighted by Crippen LogP contribution is -1.99. The fourth-order valence-corrected chi connectivity index (χ4v) is 2.49. The number of halogens is 1. The third-order valence-corrected chi connectivity index (χ3v) is 3.73. The number of hydrogen-bond donors (Lipinski definition) is 2. The predicted octanol–water partition coefficient (Wildman–Crippen LogP) is 3.83. The minimum absolute atomic E-state index is 0.486. The molecule has 3 aromatic rings. The van der Waals surface area contributed by atoms with Crippen LogP contribution >= 0.6 is 15.9 Å². The lowest BCUT2D eigenvalue weighted by molar-refractivity contribution is 1.36. The fourth-order valence-electron chi connectivity index (χ4n) is 2.08. The van der Waals surface area contributed by atoms with Gasteiger partial charge in [0.2, 0.25) is 0 Å². The summed E-state index contributed by atoms with van der Waals surface area (Å²) in [6.45, 7) is 0. The topological polar surface area (TPSA) is 64.9 Å². The van der Waals surface area contributed by atoms with Gasteiger partial charge in [0, 0.05) is 5.39 Å². The van der Waals surface area contributed by atoms with Gasteiger partial charge < -0.3 is 11.5 Å². The molecule has 0 aliphatic carbocycles. The number of anilines is 2. The Bertz CT molecular complexity index is 754. The number of rotatable bonds is 1. The van der Waals surface area contributed by atoms with Crippen LogP contribution in [0.3, 0.4) is 0 Å². The van der Waals surface area contributed by atoms with E-state index in [0.717, 1.165) is 22.0 Å². The second-order valence-corrected chi connectivity index (χ2v) is 5.08. The Hall–Kier alpha value is -2.07. The molecule has 4 N–H and O–H groups in total. The van der Waals surface area contributed by atoms with Crippen molar-refractivity contribution in [1.29, 1.82) is 0 Å². The van der Waals surface area contributed by atoms with E-state index in [-0.39, 0.29) is 0 Å². The summed E-state index contributed by atoms with van der Waals surface area (Å²) in [7, 11) is 0. The first kappa shape index (κ1) is 12.0. The Morgan fingerprint density at radius 2 is 1.58 bits per heavy atom. The Morgan fingerprint density at radius 1 is 0.842 bits per heavy atom. The van der Waals surface area contributed by atoms with Gasteiger partial charge in [0.25, 0.3) is 0 Å². The van der Waals surface area contributed by atoms with Crippen molar-refractivity contribution < 1.29 is 0 Å². The van der Waals surface area contributed by atoms with E-state index in [4.69, 9.17) is 11.5 Å². The first-order chi connectivity index (χ1) is 9.16. The zero-order valence-corrected chi connectivity index (χ0v) is 11.7. The summed E-state index contributed by atoms with van der Waals surface area (Å²) in [5.74, 6) is 0. The molecule has 0 radical (unpaired) electrons. The van der Waals surface area contributed by atoms with Gasteiger partial charge in [-0.05, 0) is 33.1 Å². The fraction of sp³-hybridized carbons (Fsp3) is 0. The second-order valence-electron chi connectivity index (χ2n) is 4.33. The van der Waals surface area contributed by atoms with Crippen molar-refractivity contribution in [2.24, 2.45) is 0 Å². The van der Waals surface area contributed by atoms with Crippen molar-refractivity contribution in [3.8, 4) is 11.1 Å². The van der Waals surface area contributed by atoms with Crippen LogP contribution in [0.15, 0.2) is 53.1 Å². The van der Waals surface area contributed by atoms with Crippen LogP contribution in [0.2, 0.25) is 0 Å². The molecule has 2 aromatic carbocycles. The van der Waals surface area contributed by atoms with Gasteiger partial charge in [-0.1, -0.05) is 42.5 Å². The van der Waals surface area contributed by atoms with E-state index in [1.54, 1.807) is 0 Å². The molecule has 0 saturated heterocycles. The van der Waals surface area contributed by atoms with Gasteiger partial charge in [0.15, 0.2) is 0 Å². The molecule has 3 nitrogen and oxygen atoms in total. The monoisotopic (exact) mass is 313 g/mol. The highest BCUT2D eigenvalue weighted by molar-refractivity contribution is 9.10. The van der Waals surface area contributed by atoms with Gasteiger partial charge in [-0.25, -0.2) is 4.98 Å². The van der Waals surface area contributed by atoms with Crippen LogP contribution in [-0.2, 0) is 0 Å². The van der Waals surface area contributed by atoms with Crippen LogP contribution in [0.5, 0.6) is 0 Å². The van der Waals surface area contributed by atoms with E-state index in [0.29, 0.717) is 16.0 Å². The minimum atomic E-state index is 0.486. The molecule has 0 atom stereocenters. The molecule has 3 rings (SSSR count). The summed E-state index contributed by atoms with van der Waals surface area (Å²) in [5.41, 5.74) is 16.0. The minimum Gasteiger partial charge on any atom is -0.396 e. The summed E-state index contributed by atoms with van der Waals surface area (Å²) < 4.78 is 0.586. The molecule has 94 valence electrons. The van der Waals surface area contributed by atoms with E-state index in [1.165, 1.54) is 0 Å². The first-order valence-corrected chi connectivity index (χ1v) is 6.66. The highest BCUT2D eigenvalue weighted by Gasteiger charge is 2.09. The van der Waals surface area contributed by atoms with E-state index >= 15 is 0 Å². The third kappa shape index (κ3) is 2.04. The van der Waals surface area contributed by atoms with Crippen molar-refractivity contribution >= 4 is 38.2 Å². The average molecular weight is 314 g/mol. The van der Waals surface area contributed by atoms with Crippen LogP contribution in [0.1, 0.15) is 0 Å². The third-order valence-electron chi connectivity index (χ3n) is 3.13. The van der Waals surface area contributed by atoms with Crippen molar-refractivity contribution in [2.45, 2.75) is 0 Å². The van der Waals surface area contributed by atoms with Gasteiger partial charge >= 0.3 is 0 Å². The molecule has 19 heavy (non-hydrogen) atoms. The molecule has 0 aliphatic heterocycles. The number of nitrogens with zero attached hydrogens (tertiary/aromatic N) is 1. The molecular formula is C15H12BrN3. The number of benzene rings is 2. The van der Waals surface area contributed by atoms with Gasteiger partial charge in [-0.15, -0.1) is 0 Å². The number of nitrogen functional groups attached to an aromatic ring is 2. The van der Waals surface area contributed by atoms with Crippen molar-refractivity contribution in [2.75, 3.05) is 11.5 Å². The molecule has 1 heterocycles. The molecule has 0 saturated carbocycles. The van der Waals surface area contributed by atoms with Crippen LogP contribution < -0.4 is 11.5 Å². The highest BCUT2D eigenvalue weighted by atomic mass is 79.9. The maximum atomic E-state index is 6.01. The smallest absolute Gasteiger partial charge is 0.131 e. The van der Waals surface area contributed by atoms with Crippen molar-refractivity contribution in [1.82, 2.24) is 4.98 Å². The molecule has 0 aliphatic rings. The second kappa shape index (κ2) is 4.55. The maximum Gasteiger partial charge on any atom is 0.131 e. The molecule has 0 bridgehead atoms. The van der Waals surface area contributed by atoms with Crippen molar-refractivity contribution in [3.05, 3.63) is 53.1 Å². The summed E-state index contributed by atoms with van der Waals surface area (Å²) in [6, 6.07) is 16.2. The molecule has 0 spiro atoms. The zero-order valence-electron chi connectivity index (χ0n) is 10.1. The Labute approximate surface area is 119 Å². The molecule has 0 amide bonds. The largest absolute Gasteiger partial charge is 0.396 e. The highest BCUT2D eigenvalue weighted by Crippen LogP contribution is 2.33. The quantitative estimate of drug-likeness (QED) is 0.671. The normalized spacial score (nSPS) is 10.8. The lowest BCUT2D eigenvalue weighted by Gasteiger charge is -2.09. The standard InChI is InChI=1S/C15H12BrN3/c16-15-14(18)13(17)11-7-6-10(8-12(11)19-15)9-4-2-1-3-5-9/h1-8H,18H2,(H2,17,19). The van der Waals surface area contributed by atoms with Crippen LogP contribution in [0.25, 0.3) is 22.0 Å². The van der Waals surface area contributed by atoms with E-state index in [2.05, 4.69) is 33.0 Å². The van der Waals surface area contributed by atoms with Gasteiger partial charge in [0.1, 0.15) is 4.60 Å². The first-order valence-electron chi connectivity index (χ1n) is 5.86. The predicted molar refractivity (Wildman–Crippen MR) is 83.7 cm³/mol.